The molecule has 0 fully saturated rings. The van der Waals surface area contributed by atoms with E-state index in [2.05, 4.69) is 240 Å². The number of rotatable bonds is 8. The molecule has 0 saturated carbocycles. The number of imidazole rings is 1. The van der Waals surface area contributed by atoms with Crippen LogP contribution in [0.15, 0.2) is 237 Å². The molecule has 0 radical (unpaired) electrons. The SMILES string of the molecule is c1ccc(-c2ccc(N(c3ccc(-c4cccc(-c5cccc6nc(-c7ccccc7)n(-c7ccccc7)c56)c4)cc3)c3ccc4c(ccc5ccccc54)c3)cc2)cc1. The maximum Gasteiger partial charge on any atom is 0.145 e. The Labute approximate surface area is 349 Å². The molecule has 60 heavy (non-hydrogen) atoms. The van der Waals surface area contributed by atoms with Gasteiger partial charge in [-0.2, -0.15) is 0 Å². The van der Waals surface area contributed by atoms with Crippen LogP contribution in [0.1, 0.15) is 0 Å². The number of hydrogen-bond acceptors (Lipinski definition) is 2. The molecule has 11 aromatic rings. The number of fused-ring (bicyclic) bond motifs is 4. The van der Waals surface area contributed by atoms with Crippen LogP contribution in [0.25, 0.3) is 83.0 Å². The Morgan fingerprint density at radius 3 is 1.60 bits per heavy atom. The normalized spacial score (nSPS) is 11.3. The van der Waals surface area contributed by atoms with Crippen molar-refractivity contribution in [2.45, 2.75) is 0 Å². The third-order valence-corrected chi connectivity index (χ3v) is 11.6. The zero-order valence-electron chi connectivity index (χ0n) is 32.9. The van der Waals surface area contributed by atoms with Crippen molar-refractivity contribution in [3.8, 4) is 50.5 Å². The van der Waals surface area contributed by atoms with Gasteiger partial charge in [0.05, 0.1) is 11.0 Å². The van der Waals surface area contributed by atoms with Crippen molar-refractivity contribution in [3.63, 3.8) is 0 Å². The first kappa shape index (κ1) is 35.2. The number of anilines is 3. The number of benzene rings is 10. The molecular weight excluding hydrogens is 727 g/mol. The molecule has 3 nitrogen and oxygen atoms in total. The minimum atomic E-state index is 0.926. The van der Waals surface area contributed by atoms with Crippen molar-refractivity contribution in [2.24, 2.45) is 0 Å². The first-order chi connectivity index (χ1) is 29.7. The Hall–Kier alpha value is -8.01. The van der Waals surface area contributed by atoms with Gasteiger partial charge in [-0.3, -0.25) is 4.57 Å². The lowest BCUT2D eigenvalue weighted by Crippen LogP contribution is -2.09. The topological polar surface area (TPSA) is 21.1 Å². The van der Waals surface area contributed by atoms with Crippen molar-refractivity contribution in [2.75, 3.05) is 4.90 Å². The van der Waals surface area contributed by atoms with Gasteiger partial charge in [0, 0.05) is 33.9 Å². The van der Waals surface area contributed by atoms with E-state index in [9.17, 15) is 0 Å². The Balaban J connectivity index is 0.993. The molecule has 1 heterocycles. The van der Waals surface area contributed by atoms with Crippen LogP contribution in [-0.4, -0.2) is 9.55 Å². The lowest BCUT2D eigenvalue weighted by atomic mass is 9.97. The predicted octanol–water partition coefficient (Wildman–Crippen LogP) is 15.5. The fourth-order valence-corrected chi connectivity index (χ4v) is 8.66. The number of hydrogen-bond donors (Lipinski definition) is 0. The summed E-state index contributed by atoms with van der Waals surface area (Å²) in [6.07, 6.45) is 0. The van der Waals surface area contributed by atoms with Gasteiger partial charge < -0.3 is 4.90 Å². The summed E-state index contributed by atoms with van der Waals surface area (Å²) in [5, 5.41) is 4.99. The van der Waals surface area contributed by atoms with Gasteiger partial charge in [0.15, 0.2) is 0 Å². The summed E-state index contributed by atoms with van der Waals surface area (Å²) in [6, 6.07) is 84.7. The van der Waals surface area contributed by atoms with Gasteiger partial charge in [-0.1, -0.05) is 176 Å². The van der Waals surface area contributed by atoms with Crippen molar-refractivity contribution in [3.05, 3.63) is 237 Å². The highest BCUT2D eigenvalue weighted by atomic mass is 15.1. The van der Waals surface area contributed by atoms with Crippen LogP contribution in [-0.2, 0) is 0 Å². The molecule has 11 rings (SSSR count). The fourth-order valence-electron chi connectivity index (χ4n) is 8.66. The Morgan fingerprint density at radius 2 is 0.867 bits per heavy atom. The van der Waals surface area contributed by atoms with Gasteiger partial charge in [0.1, 0.15) is 5.82 Å². The van der Waals surface area contributed by atoms with Crippen molar-refractivity contribution < 1.29 is 0 Å². The number of aromatic nitrogens is 2. The van der Waals surface area contributed by atoms with Crippen LogP contribution in [0.5, 0.6) is 0 Å². The van der Waals surface area contributed by atoms with Crippen LogP contribution in [0, 0.1) is 0 Å². The van der Waals surface area contributed by atoms with Crippen molar-refractivity contribution >= 4 is 49.6 Å². The largest absolute Gasteiger partial charge is 0.310 e. The van der Waals surface area contributed by atoms with Gasteiger partial charge in [-0.05, 0) is 110 Å². The molecule has 10 aromatic carbocycles. The minimum Gasteiger partial charge on any atom is -0.310 e. The highest BCUT2D eigenvalue weighted by Gasteiger charge is 2.19. The average molecular weight is 766 g/mol. The molecule has 0 aliphatic heterocycles. The first-order valence-corrected chi connectivity index (χ1v) is 20.5. The Kier molecular flexibility index (Phi) is 8.83. The van der Waals surface area contributed by atoms with E-state index in [4.69, 9.17) is 4.98 Å². The Bertz CT molecular complexity index is 3280. The molecule has 0 bridgehead atoms. The van der Waals surface area contributed by atoms with Crippen LogP contribution < -0.4 is 4.90 Å². The summed E-state index contributed by atoms with van der Waals surface area (Å²) in [4.78, 5) is 7.57. The maximum atomic E-state index is 5.21. The standard InChI is InChI=1S/C57H39N3/c1-4-14-40(15-5-1)41-28-32-49(33-29-41)59(51-36-37-53-47(39-51)27-26-43-16-10-11-23-52(43)53)50-34-30-42(31-35-50)45-19-12-20-46(38-45)54-24-13-25-55-56(54)60(48-21-8-3-9-22-48)57(58-55)44-17-6-2-7-18-44/h1-39H. The van der Waals surface area contributed by atoms with E-state index in [1.807, 2.05) is 6.07 Å². The molecule has 282 valence electrons. The van der Waals surface area contributed by atoms with Gasteiger partial charge in [-0.25, -0.2) is 4.98 Å². The summed E-state index contributed by atoms with van der Waals surface area (Å²) in [5.74, 6) is 0.926. The average Bonchev–Trinajstić information content (AvgIpc) is 3.73. The van der Waals surface area contributed by atoms with Crippen LogP contribution in [0.4, 0.5) is 17.1 Å². The quantitative estimate of drug-likeness (QED) is 0.144. The van der Waals surface area contributed by atoms with Gasteiger partial charge in [0.25, 0.3) is 0 Å². The van der Waals surface area contributed by atoms with Gasteiger partial charge >= 0.3 is 0 Å². The van der Waals surface area contributed by atoms with E-state index in [0.29, 0.717) is 0 Å². The highest BCUT2D eigenvalue weighted by molar-refractivity contribution is 6.08. The summed E-state index contributed by atoms with van der Waals surface area (Å²) in [7, 11) is 0. The summed E-state index contributed by atoms with van der Waals surface area (Å²) >= 11 is 0. The second kappa shape index (κ2) is 15.1. The first-order valence-electron chi connectivity index (χ1n) is 20.5. The van der Waals surface area contributed by atoms with E-state index in [-0.39, 0.29) is 0 Å². The van der Waals surface area contributed by atoms with Crippen LogP contribution >= 0.6 is 0 Å². The lowest BCUT2D eigenvalue weighted by Gasteiger charge is -2.26. The second-order valence-corrected chi connectivity index (χ2v) is 15.2. The predicted molar refractivity (Wildman–Crippen MR) is 253 cm³/mol. The monoisotopic (exact) mass is 765 g/mol. The smallest absolute Gasteiger partial charge is 0.145 e. The number of para-hydroxylation sites is 2. The zero-order valence-corrected chi connectivity index (χ0v) is 32.9. The van der Waals surface area contributed by atoms with Gasteiger partial charge in [-0.15, -0.1) is 0 Å². The maximum absolute atomic E-state index is 5.21. The molecule has 0 N–H and O–H groups in total. The van der Waals surface area contributed by atoms with E-state index in [0.717, 1.165) is 67.4 Å². The molecule has 0 aliphatic rings. The fraction of sp³-hybridized carbons (Fsp3) is 0. The highest BCUT2D eigenvalue weighted by Crippen LogP contribution is 2.40. The number of nitrogens with zero attached hydrogens (tertiary/aromatic N) is 3. The molecule has 0 spiro atoms. The molecule has 0 saturated heterocycles. The molecular formula is C57H39N3. The second-order valence-electron chi connectivity index (χ2n) is 15.2. The lowest BCUT2D eigenvalue weighted by molar-refractivity contribution is 1.10. The van der Waals surface area contributed by atoms with E-state index >= 15 is 0 Å². The molecule has 0 aliphatic carbocycles. The third-order valence-electron chi connectivity index (χ3n) is 11.6. The van der Waals surface area contributed by atoms with Crippen LogP contribution in [0.3, 0.4) is 0 Å². The summed E-state index contributed by atoms with van der Waals surface area (Å²) < 4.78 is 2.30. The summed E-state index contributed by atoms with van der Waals surface area (Å²) in [5.41, 5.74) is 14.5. The molecule has 0 atom stereocenters. The van der Waals surface area contributed by atoms with Crippen LogP contribution in [0.2, 0.25) is 0 Å². The zero-order chi connectivity index (χ0) is 39.8. The minimum absolute atomic E-state index is 0.926. The van der Waals surface area contributed by atoms with Crippen molar-refractivity contribution in [1.29, 1.82) is 0 Å². The molecule has 1 aromatic heterocycles. The summed E-state index contributed by atoms with van der Waals surface area (Å²) in [6.45, 7) is 0. The third kappa shape index (κ3) is 6.39. The molecule has 0 amide bonds. The molecule has 3 heteroatoms. The van der Waals surface area contributed by atoms with E-state index in [1.54, 1.807) is 0 Å². The Morgan fingerprint density at radius 1 is 0.333 bits per heavy atom. The van der Waals surface area contributed by atoms with Gasteiger partial charge in [0.2, 0.25) is 0 Å². The van der Waals surface area contributed by atoms with Crippen molar-refractivity contribution in [1.82, 2.24) is 9.55 Å². The van der Waals surface area contributed by atoms with E-state index < -0.39 is 0 Å². The van der Waals surface area contributed by atoms with E-state index in [1.165, 1.54) is 32.7 Å². The molecule has 0 unspecified atom stereocenters.